The number of nitrogens with one attached hydrogen (secondary N) is 1. The SMILES string of the molecule is CS(=O)(=O)Nc1c[c]ccc1Cl. The monoisotopic (exact) mass is 204 g/mol. The third-order valence-corrected chi connectivity index (χ3v) is 2.03. The molecule has 0 spiro atoms. The smallest absolute Gasteiger partial charge is 0.229 e. The van der Waals surface area contributed by atoms with Crippen molar-refractivity contribution in [2.45, 2.75) is 0 Å². The van der Waals surface area contributed by atoms with Crippen LogP contribution in [0.25, 0.3) is 0 Å². The second-order valence-electron chi connectivity index (χ2n) is 2.28. The molecule has 0 aliphatic heterocycles. The standard InChI is InChI=1S/C7H7ClNO2S/c1-12(10,11)9-7-5-3-2-4-6(7)8/h2,4-5,9H,1H3. The fourth-order valence-corrected chi connectivity index (χ4v) is 1.48. The summed E-state index contributed by atoms with van der Waals surface area (Å²) in [5.41, 5.74) is 0.349. The molecule has 1 radical (unpaired) electrons. The number of hydrogen-bond donors (Lipinski definition) is 1. The van der Waals surface area contributed by atoms with Crippen molar-refractivity contribution >= 4 is 27.3 Å². The van der Waals surface area contributed by atoms with Gasteiger partial charge in [-0.05, 0) is 18.2 Å². The van der Waals surface area contributed by atoms with Crippen LogP contribution < -0.4 is 4.72 Å². The lowest BCUT2D eigenvalue weighted by Crippen LogP contribution is -2.09. The zero-order valence-electron chi connectivity index (χ0n) is 6.33. The summed E-state index contributed by atoms with van der Waals surface area (Å²) in [5.74, 6) is 0. The average Bonchev–Trinajstić information content (AvgIpc) is 1.91. The van der Waals surface area contributed by atoms with Crippen LogP contribution in [0, 0.1) is 6.07 Å². The molecule has 3 nitrogen and oxygen atoms in total. The molecule has 0 atom stereocenters. The van der Waals surface area contributed by atoms with Gasteiger partial charge in [0.2, 0.25) is 10.0 Å². The zero-order valence-corrected chi connectivity index (χ0v) is 7.91. The van der Waals surface area contributed by atoms with Gasteiger partial charge in [0.1, 0.15) is 0 Å². The lowest BCUT2D eigenvalue weighted by atomic mass is 10.3. The number of hydrogen-bond acceptors (Lipinski definition) is 2. The molecule has 1 aromatic rings. The Labute approximate surface area is 76.4 Å². The van der Waals surface area contributed by atoms with E-state index >= 15 is 0 Å². The van der Waals surface area contributed by atoms with Gasteiger partial charge in [0.25, 0.3) is 0 Å². The van der Waals surface area contributed by atoms with Crippen molar-refractivity contribution in [3.63, 3.8) is 0 Å². The third kappa shape index (κ3) is 2.71. The molecule has 0 aliphatic rings. The maximum atomic E-state index is 10.8. The van der Waals surface area contributed by atoms with E-state index in [0.717, 1.165) is 6.26 Å². The lowest BCUT2D eigenvalue weighted by molar-refractivity contribution is 0.607. The van der Waals surface area contributed by atoms with Crippen LogP contribution in [0.3, 0.4) is 0 Å². The van der Waals surface area contributed by atoms with E-state index < -0.39 is 10.0 Å². The quantitative estimate of drug-likeness (QED) is 0.794. The summed E-state index contributed by atoms with van der Waals surface area (Å²) in [5, 5.41) is 0.360. The molecule has 0 bridgehead atoms. The van der Waals surface area contributed by atoms with Crippen LogP contribution in [0.2, 0.25) is 5.02 Å². The summed E-state index contributed by atoms with van der Waals surface area (Å²) in [6, 6.07) is 7.36. The highest BCUT2D eigenvalue weighted by atomic mass is 35.5. The number of anilines is 1. The van der Waals surface area contributed by atoms with Crippen molar-refractivity contribution in [1.29, 1.82) is 0 Å². The van der Waals surface area contributed by atoms with E-state index in [1.807, 2.05) is 0 Å². The molecular weight excluding hydrogens is 198 g/mol. The van der Waals surface area contributed by atoms with Crippen molar-refractivity contribution in [2.24, 2.45) is 0 Å². The average molecular weight is 205 g/mol. The Hall–Kier alpha value is -0.740. The summed E-state index contributed by atoms with van der Waals surface area (Å²) in [4.78, 5) is 0. The van der Waals surface area contributed by atoms with E-state index in [1.54, 1.807) is 12.1 Å². The minimum Gasteiger partial charge on any atom is -0.282 e. The Morgan fingerprint density at radius 3 is 2.75 bits per heavy atom. The van der Waals surface area contributed by atoms with Gasteiger partial charge in [0.05, 0.1) is 17.0 Å². The first kappa shape index (κ1) is 9.35. The van der Waals surface area contributed by atoms with Gasteiger partial charge < -0.3 is 0 Å². The van der Waals surface area contributed by atoms with Gasteiger partial charge in [-0.2, -0.15) is 0 Å². The van der Waals surface area contributed by atoms with Gasteiger partial charge in [-0.1, -0.05) is 17.7 Å². The zero-order chi connectivity index (χ0) is 9.19. The van der Waals surface area contributed by atoms with E-state index in [9.17, 15) is 8.42 Å². The predicted molar refractivity (Wildman–Crippen MR) is 48.8 cm³/mol. The molecule has 0 fully saturated rings. The van der Waals surface area contributed by atoms with Crippen LogP contribution in [-0.2, 0) is 10.0 Å². The largest absolute Gasteiger partial charge is 0.282 e. The Bertz CT molecular complexity index is 375. The van der Waals surface area contributed by atoms with Crippen molar-refractivity contribution in [3.8, 4) is 0 Å². The van der Waals surface area contributed by atoms with Crippen LogP contribution >= 0.6 is 11.6 Å². The third-order valence-electron chi connectivity index (χ3n) is 1.11. The maximum absolute atomic E-state index is 10.8. The Kier molecular flexibility index (Phi) is 2.59. The van der Waals surface area contributed by atoms with Gasteiger partial charge in [-0.25, -0.2) is 8.42 Å². The molecule has 1 aromatic carbocycles. The van der Waals surface area contributed by atoms with Gasteiger partial charge >= 0.3 is 0 Å². The summed E-state index contributed by atoms with van der Waals surface area (Å²) in [7, 11) is -3.25. The first-order valence-corrected chi connectivity index (χ1v) is 5.39. The lowest BCUT2D eigenvalue weighted by Gasteiger charge is -2.04. The van der Waals surface area contributed by atoms with Gasteiger partial charge in [0.15, 0.2) is 0 Å². The van der Waals surface area contributed by atoms with Crippen LogP contribution in [0.1, 0.15) is 0 Å². The maximum Gasteiger partial charge on any atom is 0.229 e. The molecule has 0 saturated carbocycles. The van der Waals surface area contributed by atoms with E-state index in [2.05, 4.69) is 10.8 Å². The number of benzene rings is 1. The molecule has 5 heteroatoms. The van der Waals surface area contributed by atoms with Crippen molar-refractivity contribution in [1.82, 2.24) is 0 Å². The molecule has 65 valence electrons. The molecule has 0 aromatic heterocycles. The molecule has 0 heterocycles. The van der Waals surface area contributed by atoms with Crippen molar-refractivity contribution in [2.75, 3.05) is 11.0 Å². The molecule has 1 N–H and O–H groups in total. The summed E-state index contributed by atoms with van der Waals surface area (Å²) in [6.45, 7) is 0. The fourth-order valence-electron chi connectivity index (χ4n) is 0.689. The van der Waals surface area contributed by atoms with E-state index in [4.69, 9.17) is 11.6 Å². The minimum atomic E-state index is -3.25. The molecule has 1 rings (SSSR count). The number of sulfonamides is 1. The predicted octanol–water partition coefficient (Wildman–Crippen LogP) is 1.51. The van der Waals surface area contributed by atoms with E-state index in [1.165, 1.54) is 6.07 Å². The Morgan fingerprint density at radius 2 is 2.25 bits per heavy atom. The fraction of sp³-hybridized carbons (Fsp3) is 0.143. The minimum absolute atomic E-state index is 0.349. The summed E-state index contributed by atoms with van der Waals surface area (Å²) in [6.07, 6.45) is 1.07. The number of rotatable bonds is 2. The van der Waals surface area contributed by atoms with E-state index in [0.29, 0.717) is 10.7 Å². The first-order valence-electron chi connectivity index (χ1n) is 3.12. The molecule has 0 unspecified atom stereocenters. The van der Waals surface area contributed by atoms with Gasteiger partial charge in [-0.3, -0.25) is 4.72 Å². The van der Waals surface area contributed by atoms with Crippen LogP contribution in [0.5, 0.6) is 0 Å². The van der Waals surface area contributed by atoms with Gasteiger partial charge in [-0.15, -0.1) is 0 Å². The molecular formula is C7H7ClNO2S. The molecule has 12 heavy (non-hydrogen) atoms. The second-order valence-corrected chi connectivity index (χ2v) is 4.44. The van der Waals surface area contributed by atoms with Crippen molar-refractivity contribution < 1.29 is 8.42 Å². The normalized spacial score (nSPS) is 11.2. The van der Waals surface area contributed by atoms with Crippen molar-refractivity contribution in [3.05, 3.63) is 29.3 Å². The topological polar surface area (TPSA) is 46.2 Å². The summed E-state index contributed by atoms with van der Waals surface area (Å²) < 4.78 is 23.8. The number of halogens is 1. The molecule has 0 amide bonds. The Balaban J connectivity index is 2.98. The van der Waals surface area contributed by atoms with Crippen LogP contribution in [0.4, 0.5) is 5.69 Å². The highest BCUT2D eigenvalue weighted by molar-refractivity contribution is 7.92. The molecule has 0 aliphatic carbocycles. The highest BCUT2D eigenvalue weighted by Gasteiger charge is 2.03. The Morgan fingerprint density at radius 1 is 1.58 bits per heavy atom. The van der Waals surface area contributed by atoms with Crippen LogP contribution in [-0.4, -0.2) is 14.7 Å². The second kappa shape index (κ2) is 3.33. The highest BCUT2D eigenvalue weighted by Crippen LogP contribution is 2.20. The summed E-state index contributed by atoms with van der Waals surface area (Å²) >= 11 is 5.68. The van der Waals surface area contributed by atoms with Gasteiger partial charge in [0, 0.05) is 0 Å². The molecule has 0 saturated heterocycles. The first-order chi connectivity index (χ1) is 5.49. The van der Waals surface area contributed by atoms with E-state index in [-0.39, 0.29) is 0 Å². The van der Waals surface area contributed by atoms with Crippen LogP contribution in [0.15, 0.2) is 18.2 Å².